The fraction of sp³-hybridized carbons (Fsp3) is 0.353. The zero-order chi connectivity index (χ0) is 18.6. The second-order valence-electron chi connectivity index (χ2n) is 6.53. The Bertz CT molecular complexity index is 780. The van der Waals surface area contributed by atoms with Gasteiger partial charge in [0.15, 0.2) is 5.13 Å². The minimum Gasteiger partial charge on any atom is -0.495 e. The van der Waals surface area contributed by atoms with Crippen molar-refractivity contribution in [1.29, 1.82) is 0 Å². The molecule has 0 radical (unpaired) electrons. The van der Waals surface area contributed by atoms with Crippen LogP contribution in [0.1, 0.15) is 26.5 Å². The lowest BCUT2D eigenvalue weighted by Gasteiger charge is -2.15. The summed E-state index contributed by atoms with van der Waals surface area (Å²) in [5, 5.41) is 7.74. The smallest absolute Gasteiger partial charge is 0.231 e. The van der Waals surface area contributed by atoms with E-state index < -0.39 is 5.41 Å². The van der Waals surface area contributed by atoms with Crippen LogP contribution in [0.5, 0.6) is 5.75 Å². The number of rotatable bonds is 5. The average molecular weight is 362 g/mol. The van der Waals surface area contributed by atoms with Gasteiger partial charge in [-0.3, -0.25) is 9.59 Å². The van der Waals surface area contributed by atoms with Crippen LogP contribution >= 0.6 is 11.3 Å². The number of thiazole rings is 1. The van der Waals surface area contributed by atoms with Gasteiger partial charge < -0.3 is 21.1 Å². The zero-order valence-corrected chi connectivity index (χ0v) is 15.5. The van der Waals surface area contributed by atoms with Crippen LogP contribution in [0.3, 0.4) is 0 Å². The monoisotopic (exact) mass is 362 g/mol. The molecule has 2 amide bonds. The van der Waals surface area contributed by atoms with Crippen molar-refractivity contribution in [2.75, 3.05) is 23.5 Å². The number of ether oxygens (including phenoxy) is 1. The van der Waals surface area contributed by atoms with Crippen LogP contribution in [0, 0.1) is 5.41 Å². The molecule has 0 saturated carbocycles. The van der Waals surface area contributed by atoms with Gasteiger partial charge in [-0.2, -0.15) is 0 Å². The first kappa shape index (κ1) is 18.7. The van der Waals surface area contributed by atoms with Crippen LogP contribution in [0.15, 0.2) is 23.6 Å². The number of benzene rings is 1. The Morgan fingerprint density at radius 1 is 1.28 bits per heavy atom. The summed E-state index contributed by atoms with van der Waals surface area (Å²) in [4.78, 5) is 28.3. The molecule has 0 saturated heterocycles. The number of carbonyl (C=O) groups is 2. The van der Waals surface area contributed by atoms with Gasteiger partial charge in [0.1, 0.15) is 5.75 Å². The van der Waals surface area contributed by atoms with E-state index in [1.807, 2.05) is 20.8 Å². The number of nitrogens with two attached hydrogens (primary N) is 1. The van der Waals surface area contributed by atoms with Crippen LogP contribution in [-0.4, -0.2) is 23.9 Å². The second kappa shape index (κ2) is 7.52. The largest absolute Gasteiger partial charge is 0.495 e. The summed E-state index contributed by atoms with van der Waals surface area (Å²) in [6.07, 6.45) is 0.105. The van der Waals surface area contributed by atoms with Gasteiger partial charge in [-0.25, -0.2) is 4.98 Å². The van der Waals surface area contributed by atoms with E-state index in [9.17, 15) is 9.59 Å². The fourth-order valence-electron chi connectivity index (χ4n) is 1.91. The van der Waals surface area contributed by atoms with Crippen molar-refractivity contribution in [3.05, 3.63) is 29.3 Å². The van der Waals surface area contributed by atoms with Gasteiger partial charge in [0, 0.05) is 16.5 Å². The highest BCUT2D eigenvalue weighted by atomic mass is 32.1. The van der Waals surface area contributed by atoms with E-state index in [-0.39, 0.29) is 18.2 Å². The van der Waals surface area contributed by atoms with Crippen molar-refractivity contribution in [3.8, 4) is 5.75 Å². The van der Waals surface area contributed by atoms with Crippen LogP contribution < -0.4 is 21.1 Å². The molecule has 7 nitrogen and oxygen atoms in total. The standard InChI is InChI=1S/C17H22N4O3S/c1-17(2,3)15(23)21-16-20-11(9-25-16)8-14(22)19-10-5-6-13(24-4)12(18)7-10/h5-7,9H,8,18H2,1-4H3,(H,19,22)(H,20,21,23). The van der Waals surface area contributed by atoms with Gasteiger partial charge in [0.05, 0.1) is 24.9 Å². The van der Waals surface area contributed by atoms with E-state index in [2.05, 4.69) is 15.6 Å². The molecule has 2 rings (SSSR count). The van der Waals surface area contributed by atoms with E-state index in [0.717, 1.165) is 0 Å². The summed E-state index contributed by atoms with van der Waals surface area (Å²) in [6, 6.07) is 5.03. The molecule has 0 unspecified atom stereocenters. The van der Waals surface area contributed by atoms with Crippen LogP contribution in [0.4, 0.5) is 16.5 Å². The highest BCUT2D eigenvalue weighted by molar-refractivity contribution is 7.13. The number of methoxy groups -OCH3 is 1. The van der Waals surface area contributed by atoms with Gasteiger partial charge in [-0.05, 0) is 18.2 Å². The van der Waals surface area contributed by atoms with Crippen molar-refractivity contribution in [1.82, 2.24) is 4.98 Å². The molecule has 8 heteroatoms. The zero-order valence-electron chi connectivity index (χ0n) is 14.7. The van der Waals surface area contributed by atoms with Gasteiger partial charge in [-0.15, -0.1) is 11.3 Å². The van der Waals surface area contributed by atoms with Crippen LogP contribution in [-0.2, 0) is 16.0 Å². The Hall–Kier alpha value is -2.61. The number of anilines is 3. The molecule has 0 aliphatic heterocycles. The minimum absolute atomic E-state index is 0.105. The number of nitrogens with zero attached hydrogens (tertiary/aromatic N) is 1. The highest BCUT2D eigenvalue weighted by Gasteiger charge is 2.22. The first-order valence-electron chi connectivity index (χ1n) is 7.68. The van der Waals surface area contributed by atoms with Crippen molar-refractivity contribution >= 4 is 39.7 Å². The second-order valence-corrected chi connectivity index (χ2v) is 7.39. The third-order valence-corrected chi connectivity index (χ3v) is 4.12. The van der Waals surface area contributed by atoms with Gasteiger partial charge in [-0.1, -0.05) is 20.8 Å². The van der Waals surface area contributed by atoms with Crippen LogP contribution in [0.25, 0.3) is 0 Å². The van der Waals surface area contributed by atoms with Gasteiger partial charge in [0.25, 0.3) is 0 Å². The van der Waals surface area contributed by atoms with E-state index in [1.165, 1.54) is 18.4 Å². The highest BCUT2D eigenvalue weighted by Crippen LogP contribution is 2.25. The first-order valence-corrected chi connectivity index (χ1v) is 8.56. The number of hydrogen-bond donors (Lipinski definition) is 3. The number of hydrogen-bond acceptors (Lipinski definition) is 6. The Kier molecular flexibility index (Phi) is 5.63. The van der Waals surface area contributed by atoms with Gasteiger partial charge >= 0.3 is 0 Å². The first-order chi connectivity index (χ1) is 11.7. The van der Waals surface area contributed by atoms with Crippen LogP contribution in [0.2, 0.25) is 0 Å². The third kappa shape index (κ3) is 5.18. The SMILES string of the molecule is COc1ccc(NC(=O)Cc2csc(NC(=O)C(C)(C)C)n2)cc1N. The summed E-state index contributed by atoms with van der Waals surface area (Å²) in [6.45, 7) is 5.47. The minimum atomic E-state index is -0.502. The molecular weight excluding hydrogens is 340 g/mol. The summed E-state index contributed by atoms with van der Waals surface area (Å²) < 4.78 is 5.08. The molecule has 2 aromatic rings. The number of nitrogen functional groups attached to an aromatic ring is 1. The van der Waals surface area contributed by atoms with Crippen molar-refractivity contribution < 1.29 is 14.3 Å². The lowest BCUT2D eigenvalue weighted by molar-refractivity contribution is -0.123. The molecule has 1 aromatic heterocycles. The predicted octanol–water partition coefficient (Wildman–Crippen LogP) is 2.90. The molecule has 0 atom stereocenters. The molecule has 0 bridgehead atoms. The van der Waals surface area contributed by atoms with Crippen molar-refractivity contribution in [3.63, 3.8) is 0 Å². The van der Waals surface area contributed by atoms with E-state index >= 15 is 0 Å². The topological polar surface area (TPSA) is 106 Å². The number of carbonyl (C=O) groups excluding carboxylic acids is 2. The maximum Gasteiger partial charge on any atom is 0.231 e. The Morgan fingerprint density at radius 2 is 2.00 bits per heavy atom. The predicted molar refractivity (Wildman–Crippen MR) is 99.9 cm³/mol. The fourth-order valence-corrected chi connectivity index (χ4v) is 2.62. The quantitative estimate of drug-likeness (QED) is 0.709. The number of amides is 2. The van der Waals surface area contributed by atoms with Gasteiger partial charge in [0.2, 0.25) is 11.8 Å². The molecule has 0 aliphatic carbocycles. The molecule has 0 fully saturated rings. The maximum absolute atomic E-state index is 12.1. The Morgan fingerprint density at radius 3 is 2.60 bits per heavy atom. The molecular formula is C17H22N4O3S. The van der Waals surface area contributed by atoms with Crippen molar-refractivity contribution in [2.24, 2.45) is 5.41 Å². The van der Waals surface area contributed by atoms with E-state index in [0.29, 0.717) is 27.9 Å². The normalized spacial score (nSPS) is 11.0. The summed E-state index contributed by atoms with van der Waals surface area (Å²) in [7, 11) is 1.53. The number of nitrogens with one attached hydrogen (secondary N) is 2. The molecule has 1 heterocycles. The molecule has 0 spiro atoms. The summed E-state index contributed by atoms with van der Waals surface area (Å²) in [5.41, 5.74) is 6.93. The molecule has 4 N–H and O–H groups in total. The lowest BCUT2D eigenvalue weighted by Crippen LogP contribution is -2.27. The third-order valence-electron chi connectivity index (χ3n) is 3.31. The lowest BCUT2D eigenvalue weighted by atomic mass is 9.96. The Balaban J connectivity index is 1.95. The molecule has 134 valence electrons. The van der Waals surface area contributed by atoms with E-state index in [4.69, 9.17) is 10.5 Å². The Labute approximate surface area is 150 Å². The molecule has 1 aromatic carbocycles. The maximum atomic E-state index is 12.1. The number of aromatic nitrogens is 1. The summed E-state index contributed by atoms with van der Waals surface area (Å²) >= 11 is 1.29. The molecule has 0 aliphatic rings. The average Bonchev–Trinajstić information content (AvgIpc) is 2.93. The molecule has 25 heavy (non-hydrogen) atoms. The van der Waals surface area contributed by atoms with E-state index in [1.54, 1.807) is 23.6 Å². The van der Waals surface area contributed by atoms with Crippen molar-refractivity contribution in [2.45, 2.75) is 27.2 Å². The summed E-state index contributed by atoms with van der Waals surface area (Å²) in [5.74, 6) is 0.215.